The van der Waals surface area contributed by atoms with E-state index in [1.165, 1.54) is 17.1 Å². The molecule has 0 atom stereocenters. The second-order valence-corrected chi connectivity index (χ2v) is 6.73. The first-order valence-corrected chi connectivity index (χ1v) is 9.70. The van der Waals surface area contributed by atoms with E-state index in [4.69, 9.17) is 14.2 Å². The lowest BCUT2D eigenvalue weighted by Crippen LogP contribution is -2.16. The Hall–Kier alpha value is -4.40. The largest absolute Gasteiger partial charge is 0.497 e. The number of benzene rings is 2. The van der Waals surface area contributed by atoms with Gasteiger partial charge in [-0.2, -0.15) is 5.10 Å². The van der Waals surface area contributed by atoms with Crippen LogP contribution in [0.4, 0.5) is 5.69 Å². The predicted molar refractivity (Wildman–Crippen MR) is 118 cm³/mol. The number of anilines is 1. The van der Waals surface area contributed by atoms with Crippen molar-refractivity contribution in [1.29, 1.82) is 0 Å². The molecule has 9 nitrogen and oxygen atoms in total. The van der Waals surface area contributed by atoms with Crippen LogP contribution in [0.15, 0.2) is 67.0 Å². The van der Waals surface area contributed by atoms with Gasteiger partial charge in [-0.25, -0.2) is 9.97 Å². The Kier molecular flexibility index (Phi) is 5.98. The van der Waals surface area contributed by atoms with Gasteiger partial charge in [-0.15, -0.1) is 0 Å². The highest BCUT2D eigenvalue weighted by Gasteiger charge is 2.18. The zero-order valence-electron chi connectivity index (χ0n) is 17.8. The first-order chi connectivity index (χ1) is 15.6. The van der Waals surface area contributed by atoms with E-state index in [0.29, 0.717) is 39.9 Å². The Morgan fingerprint density at radius 3 is 2.38 bits per heavy atom. The molecule has 2 aromatic carbocycles. The summed E-state index contributed by atoms with van der Waals surface area (Å²) in [6, 6.07) is 16.5. The lowest BCUT2D eigenvalue weighted by Gasteiger charge is -2.08. The number of hydrogen-bond acceptors (Lipinski definition) is 7. The third-order valence-electron chi connectivity index (χ3n) is 4.63. The van der Waals surface area contributed by atoms with Crippen molar-refractivity contribution in [3.63, 3.8) is 0 Å². The average molecular weight is 431 g/mol. The van der Waals surface area contributed by atoms with Gasteiger partial charge < -0.3 is 19.5 Å². The van der Waals surface area contributed by atoms with Crippen molar-refractivity contribution in [3.05, 3.63) is 72.7 Å². The van der Waals surface area contributed by atoms with Crippen molar-refractivity contribution in [2.24, 2.45) is 7.05 Å². The second kappa shape index (κ2) is 9.17. The van der Waals surface area contributed by atoms with Crippen LogP contribution < -0.4 is 19.5 Å². The first-order valence-electron chi connectivity index (χ1n) is 9.70. The topological polar surface area (TPSA) is 100 Å². The van der Waals surface area contributed by atoms with Crippen LogP contribution in [0.1, 0.15) is 10.5 Å². The molecule has 2 heterocycles. The molecule has 1 N–H and O–H groups in total. The van der Waals surface area contributed by atoms with Crippen LogP contribution in [0.25, 0.3) is 11.3 Å². The lowest BCUT2D eigenvalue weighted by atomic mass is 10.1. The third-order valence-corrected chi connectivity index (χ3v) is 4.63. The second-order valence-electron chi connectivity index (χ2n) is 6.73. The Morgan fingerprint density at radius 1 is 0.938 bits per heavy atom. The standard InChI is InChI=1S/C23H21N5O4/c1-28-20(12-19(27-28)18-11-17(30-2)9-10-21(18)31-3)22(29)26-15-13-24-23(25-14-15)32-16-7-5-4-6-8-16/h4-14H,1-3H3,(H,26,29). The molecule has 0 fully saturated rings. The molecule has 0 saturated heterocycles. The van der Waals surface area contributed by atoms with Crippen molar-refractivity contribution in [3.8, 4) is 34.5 Å². The Morgan fingerprint density at radius 2 is 1.69 bits per heavy atom. The van der Waals surface area contributed by atoms with Crippen LogP contribution in [-0.4, -0.2) is 39.9 Å². The number of carbonyl (C=O) groups is 1. The maximum absolute atomic E-state index is 12.8. The van der Waals surface area contributed by atoms with Gasteiger partial charge in [-0.1, -0.05) is 18.2 Å². The van der Waals surface area contributed by atoms with E-state index < -0.39 is 0 Å². The lowest BCUT2D eigenvalue weighted by molar-refractivity contribution is 0.101. The van der Waals surface area contributed by atoms with Gasteiger partial charge in [-0.3, -0.25) is 9.48 Å². The quantitative estimate of drug-likeness (QED) is 0.473. The van der Waals surface area contributed by atoms with Gasteiger partial charge >= 0.3 is 6.01 Å². The zero-order chi connectivity index (χ0) is 22.5. The SMILES string of the molecule is COc1ccc(OC)c(-c2cc(C(=O)Nc3cnc(Oc4ccccc4)nc3)n(C)n2)c1. The van der Waals surface area contributed by atoms with E-state index >= 15 is 0 Å². The Balaban J connectivity index is 1.51. The molecule has 2 aromatic heterocycles. The predicted octanol–water partition coefficient (Wildman–Crippen LogP) is 3.94. The number of methoxy groups -OCH3 is 2. The fourth-order valence-corrected chi connectivity index (χ4v) is 3.05. The number of amides is 1. The van der Waals surface area contributed by atoms with E-state index in [9.17, 15) is 4.79 Å². The number of para-hydroxylation sites is 1. The van der Waals surface area contributed by atoms with Crippen LogP contribution >= 0.6 is 0 Å². The molecule has 1 amide bonds. The molecule has 0 aliphatic carbocycles. The Labute approximate surface area is 184 Å². The van der Waals surface area contributed by atoms with Crippen molar-refractivity contribution < 1.29 is 19.0 Å². The summed E-state index contributed by atoms with van der Waals surface area (Å²) in [6.45, 7) is 0. The summed E-state index contributed by atoms with van der Waals surface area (Å²) in [4.78, 5) is 21.1. The van der Waals surface area contributed by atoms with E-state index in [-0.39, 0.29) is 11.9 Å². The fraction of sp³-hybridized carbons (Fsp3) is 0.130. The van der Waals surface area contributed by atoms with Gasteiger partial charge in [0.25, 0.3) is 5.91 Å². The number of rotatable bonds is 7. The maximum Gasteiger partial charge on any atom is 0.322 e. The summed E-state index contributed by atoms with van der Waals surface area (Å²) in [5.41, 5.74) is 2.08. The van der Waals surface area contributed by atoms with Gasteiger partial charge in [0.15, 0.2) is 0 Å². The summed E-state index contributed by atoms with van der Waals surface area (Å²) in [6.07, 6.45) is 2.96. The number of nitrogens with one attached hydrogen (secondary N) is 1. The molecule has 0 spiro atoms. The summed E-state index contributed by atoms with van der Waals surface area (Å²) in [5, 5.41) is 7.23. The molecule has 9 heteroatoms. The summed E-state index contributed by atoms with van der Waals surface area (Å²) in [7, 11) is 4.85. The maximum atomic E-state index is 12.8. The molecule has 32 heavy (non-hydrogen) atoms. The Bertz CT molecular complexity index is 1220. The highest BCUT2D eigenvalue weighted by molar-refractivity contribution is 6.03. The van der Waals surface area contributed by atoms with Gasteiger partial charge in [0.05, 0.1) is 38.0 Å². The van der Waals surface area contributed by atoms with Crippen LogP contribution in [-0.2, 0) is 7.05 Å². The van der Waals surface area contributed by atoms with Crippen LogP contribution in [0.5, 0.6) is 23.3 Å². The molecule has 4 aromatic rings. The third kappa shape index (κ3) is 4.51. The molecule has 0 aliphatic heterocycles. The van der Waals surface area contributed by atoms with Gasteiger partial charge in [-0.05, 0) is 36.4 Å². The first kappa shape index (κ1) is 20.9. The molecule has 0 radical (unpaired) electrons. The van der Waals surface area contributed by atoms with E-state index in [1.54, 1.807) is 51.6 Å². The van der Waals surface area contributed by atoms with E-state index in [1.807, 2.05) is 24.3 Å². The number of ether oxygens (including phenoxy) is 3. The number of aryl methyl sites for hydroxylation is 1. The molecule has 4 rings (SSSR count). The average Bonchev–Trinajstić information content (AvgIpc) is 3.22. The van der Waals surface area contributed by atoms with Crippen molar-refractivity contribution in [1.82, 2.24) is 19.7 Å². The van der Waals surface area contributed by atoms with E-state index in [2.05, 4.69) is 20.4 Å². The highest BCUT2D eigenvalue weighted by Crippen LogP contribution is 2.33. The minimum Gasteiger partial charge on any atom is -0.497 e. The minimum atomic E-state index is -0.353. The summed E-state index contributed by atoms with van der Waals surface area (Å²) >= 11 is 0. The molecular weight excluding hydrogens is 410 g/mol. The van der Waals surface area contributed by atoms with Gasteiger partial charge in [0.2, 0.25) is 0 Å². The van der Waals surface area contributed by atoms with Crippen LogP contribution in [0, 0.1) is 0 Å². The normalized spacial score (nSPS) is 10.5. The smallest absolute Gasteiger partial charge is 0.322 e. The molecular formula is C23H21N5O4. The van der Waals surface area contributed by atoms with Crippen LogP contribution in [0.2, 0.25) is 0 Å². The molecule has 0 aliphatic rings. The monoisotopic (exact) mass is 431 g/mol. The molecule has 0 bridgehead atoms. The summed E-state index contributed by atoms with van der Waals surface area (Å²) < 4.78 is 17.8. The highest BCUT2D eigenvalue weighted by atomic mass is 16.5. The molecule has 0 saturated carbocycles. The number of hydrogen-bond donors (Lipinski definition) is 1. The molecule has 0 unspecified atom stereocenters. The molecule has 162 valence electrons. The van der Waals surface area contributed by atoms with E-state index in [0.717, 1.165) is 0 Å². The van der Waals surface area contributed by atoms with Gasteiger partial charge in [0.1, 0.15) is 22.9 Å². The number of nitrogens with zero attached hydrogens (tertiary/aromatic N) is 4. The number of carbonyl (C=O) groups excluding carboxylic acids is 1. The van der Waals surface area contributed by atoms with Crippen LogP contribution in [0.3, 0.4) is 0 Å². The van der Waals surface area contributed by atoms with Gasteiger partial charge in [0, 0.05) is 12.6 Å². The van der Waals surface area contributed by atoms with Crippen molar-refractivity contribution in [2.75, 3.05) is 19.5 Å². The zero-order valence-corrected chi connectivity index (χ0v) is 17.8. The minimum absolute atomic E-state index is 0.183. The van der Waals surface area contributed by atoms with Crippen molar-refractivity contribution >= 4 is 11.6 Å². The summed E-state index contributed by atoms with van der Waals surface area (Å²) in [5.74, 6) is 1.55. The fourth-order valence-electron chi connectivity index (χ4n) is 3.05. The number of aromatic nitrogens is 4. The van der Waals surface area contributed by atoms with Crippen molar-refractivity contribution in [2.45, 2.75) is 0 Å².